The van der Waals surface area contributed by atoms with Crippen LogP contribution in [0.25, 0.3) is 0 Å². The molecule has 10 nitrogen and oxygen atoms in total. The Morgan fingerprint density at radius 1 is 1.14 bits per heavy atom. The van der Waals surface area contributed by atoms with Crippen LogP contribution in [0, 0.1) is 0 Å². The standard InChI is InChI=1S/C18H16N2O8/c1-25-13-4-2-3-11(16(13)22)17(23)26-8-15(21)20-18(24)19-10-5-6-12-14(7-10)28-9-27-12/h2-7,22H,8-9H2,1H3,(H2,19,20,21,24). The molecule has 0 radical (unpaired) electrons. The predicted octanol–water partition coefficient (Wildman–Crippen LogP) is 1.63. The minimum Gasteiger partial charge on any atom is -0.504 e. The van der Waals surface area contributed by atoms with E-state index >= 15 is 0 Å². The van der Waals surface area contributed by atoms with E-state index < -0.39 is 30.3 Å². The van der Waals surface area contributed by atoms with Gasteiger partial charge in [-0.15, -0.1) is 0 Å². The van der Waals surface area contributed by atoms with Gasteiger partial charge in [-0.3, -0.25) is 10.1 Å². The number of imide groups is 1. The molecule has 0 spiro atoms. The highest BCUT2D eigenvalue weighted by Gasteiger charge is 2.19. The lowest BCUT2D eigenvalue weighted by molar-refractivity contribution is -0.123. The van der Waals surface area contributed by atoms with Gasteiger partial charge in [0.15, 0.2) is 29.6 Å². The van der Waals surface area contributed by atoms with E-state index in [2.05, 4.69) is 5.32 Å². The summed E-state index contributed by atoms with van der Waals surface area (Å²) >= 11 is 0. The third kappa shape index (κ3) is 4.23. The van der Waals surface area contributed by atoms with E-state index in [1.165, 1.54) is 31.4 Å². The van der Waals surface area contributed by atoms with Crippen LogP contribution in [-0.2, 0) is 9.53 Å². The summed E-state index contributed by atoms with van der Waals surface area (Å²) in [6.45, 7) is -0.623. The molecule has 0 atom stereocenters. The Morgan fingerprint density at radius 2 is 1.93 bits per heavy atom. The summed E-state index contributed by atoms with van der Waals surface area (Å²) in [6, 6.07) is 8.16. The molecule has 3 amide bonds. The van der Waals surface area contributed by atoms with Crippen molar-refractivity contribution >= 4 is 23.6 Å². The van der Waals surface area contributed by atoms with E-state index in [0.717, 1.165) is 0 Å². The number of urea groups is 1. The van der Waals surface area contributed by atoms with Crippen LogP contribution >= 0.6 is 0 Å². The lowest BCUT2D eigenvalue weighted by Gasteiger charge is -2.09. The molecule has 3 rings (SSSR count). The van der Waals surface area contributed by atoms with Crippen molar-refractivity contribution < 1.29 is 38.4 Å². The van der Waals surface area contributed by atoms with Gasteiger partial charge in [-0.1, -0.05) is 6.07 Å². The Morgan fingerprint density at radius 3 is 2.71 bits per heavy atom. The van der Waals surface area contributed by atoms with Crippen molar-refractivity contribution in [2.24, 2.45) is 0 Å². The lowest BCUT2D eigenvalue weighted by Crippen LogP contribution is -2.37. The van der Waals surface area contributed by atoms with Crippen LogP contribution in [0.15, 0.2) is 36.4 Å². The summed E-state index contributed by atoms with van der Waals surface area (Å²) in [6.07, 6.45) is 0. The summed E-state index contributed by atoms with van der Waals surface area (Å²) in [5, 5.41) is 14.3. The van der Waals surface area contributed by atoms with Crippen LogP contribution in [-0.4, -0.2) is 43.5 Å². The number of esters is 1. The van der Waals surface area contributed by atoms with Gasteiger partial charge in [0.05, 0.1) is 7.11 Å². The molecule has 0 saturated carbocycles. The third-order valence-corrected chi connectivity index (χ3v) is 3.66. The second-order valence-corrected chi connectivity index (χ2v) is 5.50. The molecular formula is C18H16N2O8. The number of aromatic hydroxyl groups is 1. The maximum Gasteiger partial charge on any atom is 0.342 e. The zero-order valence-electron chi connectivity index (χ0n) is 14.7. The quantitative estimate of drug-likeness (QED) is 0.659. The number of fused-ring (bicyclic) bond motifs is 1. The minimum atomic E-state index is -0.942. The number of hydrogen-bond acceptors (Lipinski definition) is 8. The maximum absolute atomic E-state index is 12.0. The Hall–Kier alpha value is -3.95. The SMILES string of the molecule is COc1cccc(C(=O)OCC(=O)NC(=O)Nc2ccc3c(c2)OCO3)c1O. The summed E-state index contributed by atoms with van der Waals surface area (Å²) < 4.78 is 20.0. The fraction of sp³-hybridized carbons (Fsp3) is 0.167. The van der Waals surface area contributed by atoms with Gasteiger partial charge in [0, 0.05) is 11.8 Å². The molecule has 146 valence electrons. The van der Waals surface area contributed by atoms with Gasteiger partial charge in [0.2, 0.25) is 6.79 Å². The van der Waals surface area contributed by atoms with Crippen LogP contribution in [0.1, 0.15) is 10.4 Å². The number of methoxy groups -OCH3 is 1. The topological polar surface area (TPSA) is 132 Å². The van der Waals surface area contributed by atoms with Crippen LogP contribution in [0.5, 0.6) is 23.0 Å². The van der Waals surface area contributed by atoms with Crippen molar-refractivity contribution in [3.8, 4) is 23.0 Å². The molecule has 28 heavy (non-hydrogen) atoms. The highest BCUT2D eigenvalue weighted by molar-refractivity contribution is 6.02. The van der Waals surface area contributed by atoms with E-state index in [4.69, 9.17) is 18.9 Å². The van der Waals surface area contributed by atoms with Crippen LogP contribution < -0.4 is 24.8 Å². The molecule has 2 aromatic rings. The first kappa shape index (κ1) is 18.8. The fourth-order valence-electron chi connectivity index (χ4n) is 2.36. The van der Waals surface area contributed by atoms with E-state index in [0.29, 0.717) is 17.2 Å². The summed E-state index contributed by atoms with van der Waals surface area (Å²) in [4.78, 5) is 35.6. The Kier molecular flexibility index (Phi) is 5.49. The molecule has 1 aliphatic heterocycles. The zero-order valence-corrected chi connectivity index (χ0v) is 14.7. The van der Waals surface area contributed by atoms with Crippen molar-refractivity contribution in [2.45, 2.75) is 0 Å². The smallest absolute Gasteiger partial charge is 0.342 e. The summed E-state index contributed by atoms with van der Waals surface area (Å²) in [5.74, 6) is -1.10. The molecule has 2 aromatic carbocycles. The molecular weight excluding hydrogens is 372 g/mol. The zero-order chi connectivity index (χ0) is 20.1. The normalized spacial score (nSPS) is 11.5. The molecule has 3 N–H and O–H groups in total. The number of carbonyl (C=O) groups excluding carboxylic acids is 3. The van der Waals surface area contributed by atoms with Crippen LogP contribution in [0.2, 0.25) is 0 Å². The fourth-order valence-corrected chi connectivity index (χ4v) is 2.36. The van der Waals surface area contributed by atoms with Crippen molar-refractivity contribution in [1.29, 1.82) is 0 Å². The highest BCUT2D eigenvalue weighted by Crippen LogP contribution is 2.34. The molecule has 0 fully saturated rings. The first-order chi connectivity index (χ1) is 13.5. The van der Waals surface area contributed by atoms with Crippen LogP contribution in [0.4, 0.5) is 10.5 Å². The van der Waals surface area contributed by atoms with E-state index in [1.54, 1.807) is 12.1 Å². The number of amides is 3. The predicted molar refractivity (Wildman–Crippen MR) is 94.7 cm³/mol. The highest BCUT2D eigenvalue weighted by atomic mass is 16.7. The van der Waals surface area contributed by atoms with E-state index in [1.807, 2.05) is 5.32 Å². The Labute approximate surface area is 159 Å². The molecule has 0 saturated heterocycles. The van der Waals surface area contributed by atoms with Gasteiger partial charge < -0.3 is 29.4 Å². The number of phenolic OH excluding ortho intramolecular Hbond substituents is 1. The van der Waals surface area contributed by atoms with Gasteiger partial charge >= 0.3 is 12.0 Å². The number of phenols is 1. The number of nitrogens with one attached hydrogen (secondary N) is 2. The average molecular weight is 388 g/mol. The molecule has 10 heteroatoms. The number of rotatable bonds is 5. The van der Waals surface area contributed by atoms with E-state index in [-0.39, 0.29) is 18.1 Å². The van der Waals surface area contributed by atoms with Gasteiger partial charge in [0.25, 0.3) is 5.91 Å². The summed E-state index contributed by atoms with van der Waals surface area (Å²) in [7, 11) is 1.33. The van der Waals surface area contributed by atoms with Gasteiger partial charge in [-0.25, -0.2) is 9.59 Å². The van der Waals surface area contributed by atoms with Crippen molar-refractivity contribution in [1.82, 2.24) is 5.32 Å². The molecule has 1 heterocycles. The molecule has 0 bridgehead atoms. The second kappa shape index (κ2) is 8.16. The molecule has 1 aliphatic rings. The number of para-hydroxylation sites is 1. The second-order valence-electron chi connectivity index (χ2n) is 5.50. The van der Waals surface area contributed by atoms with Gasteiger partial charge in [0.1, 0.15) is 5.56 Å². The van der Waals surface area contributed by atoms with E-state index in [9.17, 15) is 19.5 Å². The van der Waals surface area contributed by atoms with Gasteiger partial charge in [-0.2, -0.15) is 0 Å². The minimum absolute atomic E-state index is 0.0852. The van der Waals surface area contributed by atoms with Crippen LogP contribution in [0.3, 0.4) is 0 Å². The van der Waals surface area contributed by atoms with Gasteiger partial charge in [-0.05, 0) is 24.3 Å². The van der Waals surface area contributed by atoms with Crippen molar-refractivity contribution in [3.05, 3.63) is 42.0 Å². The average Bonchev–Trinajstić information content (AvgIpc) is 3.14. The number of hydrogen-bond donors (Lipinski definition) is 3. The third-order valence-electron chi connectivity index (χ3n) is 3.66. The number of ether oxygens (including phenoxy) is 4. The molecule has 0 unspecified atom stereocenters. The lowest BCUT2D eigenvalue weighted by atomic mass is 10.2. The Bertz CT molecular complexity index is 928. The maximum atomic E-state index is 12.0. The molecule has 0 aromatic heterocycles. The first-order valence-corrected chi connectivity index (χ1v) is 8.01. The number of benzene rings is 2. The summed E-state index contributed by atoms with van der Waals surface area (Å²) in [5.41, 5.74) is 0.213. The van der Waals surface area contributed by atoms with Crippen molar-refractivity contribution in [3.63, 3.8) is 0 Å². The molecule has 0 aliphatic carbocycles. The monoisotopic (exact) mass is 388 g/mol. The largest absolute Gasteiger partial charge is 0.504 e. The van der Waals surface area contributed by atoms with Crippen molar-refractivity contribution in [2.75, 3.05) is 25.8 Å². The number of anilines is 1. The first-order valence-electron chi connectivity index (χ1n) is 8.01. The number of carbonyl (C=O) groups is 3. The Balaban J connectivity index is 1.50.